The monoisotopic (exact) mass is 254 g/mol. The molecule has 2 fully saturated rings. The number of nitrogens with one attached hydrogen (secondary N) is 2. The van der Waals surface area contributed by atoms with Crippen LogP contribution in [0.4, 0.5) is 0 Å². The molecule has 4 nitrogen and oxygen atoms in total. The number of thiocarbonyl (C=S) groups is 1. The summed E-state index contributed by atoms with van der Waals surface area (Å²) in [5, 5.41) is 5.38. The molecule has 1 heterocycles. The van der Waals surface area contributed by atoms with Crippen LogP contribution >= 0.6 is 12.2 Å². The van der Waals surface area contributed by atoms with Crippen LogP contribution in [0.2, 0.25) is 0 Å². The van der Waals surface area contributed by atoms with Gasteiger partial charge in [-0.05, 0) is 37.4 Å². The number of hydrogen-bond donors (Lipinski definition) is 2. The maximum atomic E-state index is 12.2. The Balaban J connectivity index is 2.32. The third kappa shape index (κ3) is 1.97. The molecular weight excluding hydrogens is 236 g/mol. The van der Waals surface area contributed by atoms with Crippen molar-refractivity contribution in [1.82, 2.24) is 10.6 Å². The summed E-state index contributed by atoms with van der Waals surface area (Å²) in [4.78, 5) is 24.4. The van der Waals surface area contributed by atoms with Crippen molar-refractivity contribution >= 4 is 29.1 Å². The van der Waals surface area contributed by atoms with Gasteiger partial charge in [0.2, 0.25) is 11.8 Å². The first-order valence-electron chi connectivity index (χ1n) is 6.28. The average Bonchev–Trinajstić information content (AvgIpc) is 2.28. The third-order valence-corrected chi connectivity index (χ3v) is 4.18. The Morgan fingerprint density at radius 3 is 2.53 bits per heavy atom. The van der Waals surface area contributed by atoms with E-state index in [4.69, 9.17) is 12.2 Å². The van der Waals surface area contributed by atoms with Crippen LogP contribution in [0, 0.1) is 11.3 Å². The second-order valence-electron chi connectivity index (χ2n) is 4.94. The number of carbonyl (C=O) groups excluding carboxylic acids is 2. The second kappa shape index (κ2) is 4.72. The summed E-state index contributed by atoms with van der Waals surface area (Å²) in [5.74, 6) is -0.224. The zero-order chi connectivity index (χ0) is 12.5. The molecule has 1 aliphatic carbocycles. The molecule has 0 aromatic carbocycles. The van der Waals surface area contributed by atoms with Gasteiger partial charge >= 0.3 is 0 Å². The quantitative estimate of drug-likeness (QED) is 0.580. The molecule has 2 rings (SSSR count). The summed E-state index contributed by atoms with van der Waals surface area (Å²) in [6, 6.07) is 0. The molecule has 1 atom stereocenters. The first-order chi connectivity index (χ1) is 8.11. The molecule has 5 heteroatoms. The minimum absolute atomic E-state index is 0.145. The Labute approximate surface area is 107 Å². The lowest BCUT2D eigenvalue weighted by atomic mass is 9.63. The molecule has 2 N–H and O–H groups in total. The van der Waals surface area contributed by atoms with Crippen molar-refractivity contribution in [3.63, 3.8) is 0 Å². The standard InChI is InChI=1S/C12H18N2O2S/c1-2-5-8-6-3-4-7-12(8)9(15)13-11(17)14-10(12)16/h8H,2-7H2,1H3,(H2,13,14,15,16,17). The number of amides is 2. The van der Waals surface area contributed by atoms with Crippen molar-refractivity contribution in [1.29, 1.82) is 0 Å². The van der Waals surface area contributed by atoms with E-state index in [9.17, 15) is 9.59 Å². The molecule has 17 heavy (non-hydrogen) atoms. The van der Waals surface area contributed by atoms with Crippen LogP contribution in [0.3, 0.4) is 0 Å². The Bertz CT molecular complexity index is 346. The summed E-state index contributed by atoms with van der Waals surface area (Å²) in [7, 11) is 0. The van der Waals surface area contributed by atoms with Crippen LogP contribution in [0.1, 0.15) is 45.4 Å². The average molecular weight is 254 g/mol. The van der Waals surface area contributed by atoms with Gasteiger partial charge in [-0.1, -0.05) is 26.2 Å². The maximum absolute atomic E-state index is 12.2. The minimum Gasteiger partial charge on any atom is -0.302 e. The molecule has 2 amide bonds. The van der Waals surface area contributed by atoms with Crippen LogP contribution in [-0.2, 0) is 9.59 Å². The lowest BCUT2D eigenvalue weighted by molar-refractivity contribution is -0.150. The van der Waals surface area contributed by atoms with E-state index in [-0.39, 0.29) is 22.8 Å². The van der Waals surface area contributed by atoms with Crippen molar-refractivity contribution in [3.05, 3.63) is 0 Å². The van der Waals surface area contributed by atoms with Crippen LogP contribution in [0.15, 0.2) is 0 Å². The lowest BCUT2D eigenvalue weighted by Crippen LogP contribution is -2.65. The van der Waals surface area contributed by atoms with Crippen LogP contribution in [0.5, 0.6) is 0 Å². The normalized spacial score (nSPS) is 27.8. The molecule has 0 radical (unpaired) electrons. The van der Waals surface area contributed by atoms with E-state index in [1.54, 1.807) is 0 Å². The van der Waals surface area contributed by atoms with Gasteiger partial charge in [-0.3, -0.25) is 9.59 Å². The lowest BCUT2D eigenvalue weighted by Gasteiger charge is -2.43. The van der Waals surface area contributed by atoms with Crippen molar-refractivity contribution in [3.8, 4) is 0 Å². The largest absolute Gasteiger partial charge is 0.302 e. The Morgan fingerprint density at radius 2 is 1.94 bits per heavy atom. The first kappa shape index (κ1) is 12.5. The molecule has 1 saturated heterocycles. The van der Waals surface area contributed by atoms with Gasteiger partial charge in [0.15, 0.2) is 5.11 Å². The zero-order valence-electron chi connectivity index (χ0n) is 10.0. The topological polar surface area (TPSA) is 58.2 Å². The van der Waals surface area contributed by atoms with Gasteiger partial charge in [0.1, 0.15) is 5.41 Å². The van der Waals surface area contributed by atoms with Gasteiger partial charge in [-0.15, -0.1) is 0 Å². The van der Waals surface area contributed by atoms with E-state index in [1.807, 2.05) is 0 Å². The van der Waals surface area contributed by atoms with Crippen LogP contribution in [-0.4, -0.2) is 16.9 Å². The van der Waals surface area contributed by atoms with Crippen molar-refractivity contribution in [2.24, 2.45) is 11.3 Å². The number of hydrogen-bond acceptors (Lipinski definition) is 3. The molecule has 94 valence electrons. The van der Waals surface area contributed by atoms with E-state index in [0.29, 0.717) is 6.42 Å². The molecule has 1 unspecified atom stereocenters. The van der Waals surface area contributed by atoms with E-state index < -0.39 is 5.41 Å². The predicted octanol–water partition coefficient (Wildman–Crippen LogP) is 1.49. The molecule has 0 aromatic heterocycles. The SMILES string of the molecule is CCCC1CCCCC12C(=O)NC(=S)NC2=O. The van der Waals surface area contributed by atoms with E-state index >= 15 is 0 Å². The molecule has 1 aliphatic heterocycles. The molecule has 0 bridgehead atoms. The van der Waals surface area contributed by atoms with Gasteiger partial charge < -0.3 is 10.6 Å². The van der Waals surface area contributed by atoms with Crippen LogP contribution in [0.25, 0.3) is 0 Å². The number of carbonyl (C=O) groups is 2. The highest BCUT2D eigenvalue weighted by atomic mass is 32.1. The van der Waals surface area contributed by atoms with Crippen molar-refractivity contribution in [2.45, 2.75) is 45.4 Å². The predicted molar refractivity (Wildman–Crippen MR) is 68.2 cm³/mol. The third-order valence-electron chi connectivity index (χ3n) is 3.97. The Kier molecular flexibility index (Phi) is 3.47. The summed E-state index contributed by atoms with van der Waals surface area (Å²) < 4.78 is 0. The van der Waals surface area contributed by atoms with E-state index in [2.05, 4.69) is 17.6 Å². The van der Waals surface area contributed by atoms with E-state index in [0.717, 1.165) is 32.1 Å². The Morgan fingerprint density at radius 1 is 1.29 bits per heavy atom. The fraction of sp³-hybridized carbons (Fsp3) is 0.750. The minimum atomic E-state index is -0.865. The fourth-order valence-corrected chi connectivity index (χ4v) is 3.33. The highest BCUT2D eigenvalue weighted by Gasteiger charge is 2.54. The molecular formula is C12H18N2O2S. The van der Waals surface area contributed by atoms with Crippen molar-refractivity contribution in [2.75, 3.05) is 0 Å². The Hall–Kier alpha value is -0.970. The van der Waals surface area contributed by atoms with Crippen LogP contribution < -0.4 is 10.6 Å². The summed E-state index contributed by atoms with van der Waals surface area (Å²) in [6.45, 7) is 2.09. The van der Waals surface area contributed by atoms with E-state index in [1.165, 1.54) is 0 Å². The smallest absolute Gasteiger partial charge is 0.242 e. The van der Waals surface area contributed by atoms with Crippen molar-refractivity contribution < 1.29 is 9.59 Å². The maximum Gasteiger partial charge on any atom is 0.242 e. The van der Waals surface area contributed by atoms with Gasteiger partial charge in [0, 0.05) is 0 Å². The zero-order valence-corrected chi connectivity index (χ0v) is 10.9. The van der Waals surface area contributed by atoms with Gasteiger partial charge in [0.05, 0.1) is 0 Å². The molecule has 2 aliphatic rings. The number of rotatable bonds is 2. The molecule has 1 spiro atoms. The first-order valence-corrected chi connectivity index (χ1v) is 6.69. The van der Waals surface area contributed by atoms with Gasteiger partial charge in [-0.2, -0.15) is 0 Å². The molecule has 1 saturated carbocycles. The highest BCUT2D eigenvalue weighted by molar-refractivity contribution is 7.80. The van der Waals surface area contributed by atoms with Gasteiger partial charge in [-0.25, -0.2) is 0 Å². The summed E-state index contributed by atoms with van der Waals surface area (Å²) in [5.41, 5.74) is -0.865. The molecule has 0 aromatic rings. The second-order valence-corrected chi connectivity index (χ2v) is 5.35. The highest BCUT2D eigenvalue weighted by Crippen LogP contribution is 2.45. The van der Waals surface area contributed by atoms with Gasteiger partial charge in [0.25, 0.3) is 0 Å². The summed E-state index contributed by atoms with van der Waals surface area (Å²) in [6.07, 6.45) is 5.58. The fourth-order valence-electron chi connectivity index (χ4n) is 3.15. The summed E-state index contributed by atoms with van der Waals surface area (Å²) >= 11 is 4.85.